The summed E-state index contributed by atoms with van der Waals surface area (Å²) in [4.78, 5) is 40.1. The van der Waals surface area contributed by atoms with Gasteiger partial charge in [-0.1, -0.05) is 30.3 Å². The molecule has 0 spiro atoms. The Kier molecular flexibility index (Phi) is 9.93. The predicted molar refractivity (Wildman–Crippen MR) is 147 cm³/mol. The van der Waals surface area contributed by atoms with Crippen molar-refractivity contribution >= 4 is 22.9 Å². The first kappa shape index (κ1) is 28.1. The summed E-state index contributed by atoms with van der Waals surface area (Å²) in [7, 11) is 0. The van der Waals surface area contributed by atoms with Crippen molar-refractivity contribution in [1.29, 1.82) is 0 Å². The number of aromatic hydroxyl groups is 1. The highest BCUT2D eigenvalue weighted by molar-refractivity contribution is 5.82. The lowest BCUT2D eigenvalue weighted by molar-refractivity contribution is -0.125. The van der Waals surface area contributed by atoms with Gasteiger partial charge in [-0.25, -0.2) is 4.79 Å². The normalized spacial score (nSPS) is 17.3. The van der Waals surface area contributed by atoms with Crippen molar-refractivity contribution in [3.8, 4) is 5.75 Å². The molecule has 10 heteroatoms. The maximum absolute atomic E-state index is 13.1. The molecule has 3 aromatic rings. The summed E-state index contributed by atoms with van der Waals surface area (Å²) >= 11 is 0. The number of hydrogen-bond acceptors (Lipinski definition) is 7. The van der Waals surface area contributed by atoms with Gasteiger partial charge < -0.3 is 30.2 Å². The minimum Gasteiger partial charge on any atom is -0.508 e. The molecule has 1 aliphatic heterocycles. The van der Waals surface area contributed by atoms with Crippen LogP contribution in [0.15, 0.2) is 65.5 Å². The van der Waals surface area contributed by atoms with E-state index in [9.17, 15) is 19.5 Å². The van der Waals surface area contributed by atoms with Gasteiger partial charge in [-0.05, 0) is 54.3 Å². The van der Waals surface area contributed by atoms with E-state index in [2.05, 4.69) is 10.6 Å². The number of unbranched alkanes of at least 4 members (excludes halogenated alkanes) is 1. The van der Waals surface area contributed by atoms with E-state index in [1.807, 2.05) is 35.2 Å². The molecule has 1 fully saturated rings. The number of pyridine rings is 1. The third-order valence-electron chi connectivity index (χ3n) is 7.01. The van der Waals surface area contributed by atoms with E-state index in [0.29, 0.717) is 57.5 Å². The number of aromatic nitrogens is 1. The molecule has 1 saturated heterocycles. The average Bonchev–Trinajstić information content (AvgIpc) is 3.36. The number of nitrogens with zero attached hydrogens (tertiary/aromatic N) is 2. The van der Waals surface area contributed by atoms with E-state index in [1.165, 1.54) is 6.07 Å². The monoisotopic (exact) mass is 536 g/mol. The summed E-state index contributed by atoms with van der Waals surface area (Å²) in [5, 5.41) is 25.6. The molecule has 1 aromatic heterocycles. The largest absolute Gasteiger partial charge is 0.508 e. The maximum atomic E-state index is 13.1. The summed E-state index contributed by atoms with van der Waals surface area (Å²) in [6.45, 7) is 2.44. The highest BCUT2D eigenvalue weighted by Crippen LogP contribution is 2.24. The molecular weight excluding hydrogens is 500 g/mol. The van der Waals surface area contributed by atoms with Crippen molar-refractivity contribution < 1.29 is 24.5 Å². The van der Waals surface area contributed by atoms with Gasteiger partial charge in [0, 0.05) is 51.5 Å². The number of carbonyl (C=O) groups is 2. The van der Waals surface area contributed by atoms with Gasteiger partial charge in [-0.3, -0.25) is 14.5 Å². The molecule has 2 amide bonds. The Labute approximate surface area is 227 Å². The zero-order valence-corrected chi connectivity index (χ0v) is 21.9. The molecular formula is C29H36N4O6. The number of phenolic OH excluding ortho intramolecular Hbond substituents is 1. The number of ether oxygens (including phenoxy) is 1. The number of alkyl carbamates (subject to hydrolysis) is 1. The van der Waals surface area contributed by atoms with Crippen molar-refractivity contribution in [1.82, 2.24) is 20.1 Å². The first-order valence-electron chi connectivity index (χ1n) is 13.3. The zero-order chi connectivity index (χ0) is 27.6. The quantitative estimate of drug-likeness (QED) is 0.261. The van der Waals surface area contributed by atoms with E-state index in [0.717, 1.165) is 10.9 Å². The molecule has 2 atom stereocenters. The van der Waals surface area contributed by atoms with Crippen molar-refractivity contribution in [2.24, 2.45) is 5.92 Å². The average molecular weight is 537 g/mol. The number of fused-ring (bicyclic) bond motifs is 1. The SMILES string of the molecule is O=C(NC[C@@H]1C[C@@H](C(=O)NCCCCO)N(CCn2c(=O)ccc3ccc(O)cc32)C1)OCc1ccccc1. The fourth-order valence-corrected chi connectivity index (χ4v) is 4.97. The predicted octanol–water partition coefficient (Wildman–Crippen LogP) is 2.21. The van der Waals surface area contributed by atoms with Gasteiger partial charge in [0.25, 0.3) is 5.56 Å². The molecule has 2 heterocycles. The van der Waals surface area contributed by atoms with Crippen LogP contribution in [0.25, 0.3) is 10.9 Å². The molecule has 0 radical (unpaired) electrons. The Bertz CT molecular complexity index is 1310. The van der Waals surface area contributed by atoms with Gasteiger partial charge in [0.05, 0.1) is 11.6 Å². The van der Waals surface area contributed by atoms with Crippen LogP contribution in [0.4, 0.5) is 4.79 Å². The Balaban J connectivity index is 1.39. The Hall–Kier alpha value is -3.89. The first-order valence-corrected chi connectivity index (χ1v) is 13.3. The molecule has 0 aliphatic carbocycles. The molecule has 4 rings (SSSR count). The highest BCUT2D eigenvalue weighted by Gasteiger charge is 2.36. The Morgan fingerprint density at radius 1 is 1.00 bits per heavy atom. The van der Waals surface area contributed by atoms with Gasteiger partial charge in [0.2, 0.25) is 5.91 Å². The van der Waals surface area contributed by atoms with Crippen LogP contribution < -0.4 is 16.2 Å². The standard InChI is InChI=1S/C29H36N4O6/c34-15-5-4-12-30-28(37)26-16-22(18-31-29(38)39-20-21-6-2-1-3-7-21)19-32(26)13-14-33-25-17-24(35)10-8-23(25)9-11-27(33)36/h1-3,6-11,17,22,26,34-35H,4-5,12-16,18-20H2,(H,30,37)(H,31,38)/t22-,26-/m0/s1. The third kappa shape index (κ3) is 7.81. The fraction of sp³-hybridized carbons (Fsp3) is 0.414. The van der Waals surface area contributed by atoms with Crippen LogP contribution in [-0.4, -0.2) is 70.5 Å². The van der Waals surface area contributed by atoms with E-state index < -0.39 is 12.1 Å². The van der Waals surface area contributed by atoms with E-state index in [-0.39, 0.29) is 36.3 Å². The van der Waals surface area contributed by atoms with Gasteiger partial charge >= 0.3 is 6.09 Å². The van der Waals surface area contributed by atoms with Crippen LogP contribution in [0.5, 0.6) is 5.75 Å². The molecule has 208 valence electrons. The van der Waals surface area contributed by atoms with Gasteiger partial charge in [-0.2, -0.15) is 0 Å². The summed E-state index contributed by atoms with van der Waals surface area (Å²) in [6, 6.07) is 17.2. The second-order valence-electron chi connectivity index (χ2n) is 9.84. The van der Waals surface area contributed by atoms with Crippen LogP contribution in [0.1, 0.15) is 24.8 Å². The van der Waals surface area contributed by atoms with Crippen molar-refractivity contribution in [3.63, 3.8) is 0 Å². The maximum Gasteiger partial charge on any atom is 0.407 e. The Morgan fingerprint density at radius 2 is 1.79 bits per heavy atom. The molecule has 0 unspecified atom stereocenters. The second-order valence-corrected chi connectivity index (χ2v) is 9.84. The number of hydrogen-bond donors (Lipinski definition) is 4. The third-order valence-corrected chi connectivity index (χ3v) is 7.01. The summed E-state index contributed by atoms with van der Waals surface area (Å²) in [5.74, 6) is -0.00537. The number of phenols is 1. The number of benzene rings is 2. The molecule has 1 aliphatic rings. The molecule has 2 aromatic carbocycles. The number of carbonyl (C=O) groups excluding carboxylic acids is 2. The lowest BCUT2D eigenvalue weighted by Crippen LogP contribution is -2.45. The van der Waals surface area contributed by atoms with Crippen LogP contribution in [0, 0.1) is 5.92 Å². The van der Waals surface area contributed by atoms with E-state index >= 15 is 0 Å². The molecule has 39 heavy (non-hydrogen) atoms. The summed E-state index contributed by atoms with van der Waals surface area (Å²) < 4.78 is 6.92. The fourth-order valence-electron chi connectivity index (χ4n) is 4.97. The number of rotatable bonds is 12. The van der Waals surface area contributed by atoms with Crippen molar-refractivity contribution in [2.45, 2.75) is 38.5 Å². The molecule has 0 saturated carbocycles. The lowest BCUT2D eigenvalue weighted by Gasteiger charge is -2.24. The van der Waals surface area contributed by atoms with Crippen LogP contribution in [0.2, 0.25) is 0 Å². The van der Waals surface area contributed by atoms with Gasteiger partial charge in [0.15, 0.2) is 0 Å². The highest BCUT2D eigenvalue weighted by atomic mass is 16.5. The molecule has 4 N–H and O–H groups in total. The first-order chi connectivity index (χ1) is 18.9. The van der Waals surface area contributed by atoms with E-state index in [4.69, 9.17) is 9.84 Å². The minimum absolute atomic E-state index is 0.0238. The minimum atomic E-state index is -0.510. The number of likely N-dealkylation sites (tertiary alicyclic amines) is 1. The molecule has 0 bridgehead atoms. The lowest BCUT2D eigenvalue weighted by atomic mass is 10.1. The summed E-state index contributed by atoms with van der Waals surface area (Å²) in [5.41, 5.74) is 1.34. The number of amides is 2. The number of aliphatic hydroxyl groups excluding tert-OH is 1. The van der Waals surface area contributed by atoms with E-state index in [1.54, 1.807) is 28.8 Å². The smallest absolute Gasteiger partial charge is 0.407 e. The van der Waals surface area contributed by atoms with Crippen LogP contribution in [0.3, 0.4) is 0 Å². The van der Waals surface area contributed by atoms with Gasteiger partial charge in [-0.15, -0.1) is 0 Å². The summed E-state index contributed by atoms with van der Waals surface area (Å²) in [6.07, 6.45) is 1.34. The van der Waals surface area contributed by atoms with Gasteiger partial charge in [0.1, 0.15) is 12.4 Å². The number of aliphatic hydroxyl groups is 1. The molecule has 10 nitrogen and oxygen atoms in total. The second kappa shape index (κ2) is 13.8. The Morgan fingerprint density at radius 3 is 2.59 bits per heavy atom. The topological polar surface area (TPSA) is 133 Å². The van der Waals surface area contributed by atoms with Crippen molar-refractivity contribution in [3.05, 3.63) is 76.6 Å². The van der Waals surface area contributed by atoms with Crippen LogP contribution in [-0.2, 0) is 22.7 Å². The number of nitrogens with one attached hydrogen (secondary N) is 2. The van der Waals surface area contributed by atoms with Crippen LogP contribution >= 0.6 is 0 Å². The zero-order valence-electron chi connectivity index (χ0n) is 21.9. The van der Waals surface area contributed by atoms with Crippen molar-refractivity contribution in [2.75, 3.05) is 32.8 Å².